The molecular weight excluding hydrogens is 242 g/mol. The Morgan fingerprint density at radius 3 is 2.64 bits per heavy atom. The highest BCUT2D eigenvalue weighted by molar-refractivity contribution is 9.10. The van der Waals surface area contributed by atoms with Crippen LogP contribution in [0.15, 0.2) is 22.7 Å². The molecule has 0 atom stereocenters. The fourth-order valence-electron chi connectivity index (χ4n) is 1.63. The van der Waals surface area contributed by atoms with Crippen molar-refractivity contribution in [2.45, 2.75) is 12.8 Å². The highest BCUT2D eigenvalue weighted by Gasteiger charge is 2.18. The molecule has 1 aliphatic rings. The summed E-state index contributed by atoms with van der Waals surface area (Å²) in [7, 11) is 0. The molecule has 0 aromatic heterocycles. The van der Waals surface area contributed by atoms with Crippen molar-refractivity contribution in [1.82, 2.24) is 4.90 Å². The molecule has 0 aliphatic carbocycles. The number of carbonyl (C=O) groups is 1. The number of halogens is 1. The van der Waals surface area contributed by atoms with Crippen LogP contribution in [0.5, 0.6) is 0 Å². The van der Waals surface area contributed by atoms with Crippen molar-refractivity contribution in [2.24, 2.45) is 0 Å². The van der Waals surface area contributed by atoms with Gasteiger partial charge in [0.25, 0.3) is 5.91 Å². The van der Waals surface area contributed by atoms with Gasteiger partial charge in [0.1, 0.15) is 0 Å². The molecule has 0 bridgehead atoms. The summed E-state index contributed by atoms with van der Waals surface area (Å²) in [5.41, 5.74) is 0.662. The lowest BCUT2D eigenvalue weighted by Crippen LogP contribution is -2.27. The van der Waals surface area contributed by atoms with Crippen molar-refractivity contribution in [2.75, 3.05) is 13.1 Å². The van der Waals surface area contributed by atoms with Gasteiger partial charge in [0.15, 0.2) is 0 Å². The topological polar surface area (TPSA) is 20.3 Å². The van der Waals surface area contributed by atoms with E-state index in [-0.39, 0.29) is 5.91 Å². The van der Waals surface area contributed by atoms with Crippen LogP contribution >= 0.6 is 15.9 Å². The molecule has 3 heteroatoms. The van der Waals surface area contributed by atoms with E-state index in [1.54, 1.807) is 6.07 Å². The predicted octanol–water partition coefficient (Wildman–Crippen LogP) is 2.49. The van der Waals surface area contributed by atoms with Gasteiger partial charge in [-0.1, -0.05) is 15.9 Å². The van der Waals surface area contributed by atoms with Crippen molar-refractivity contribution in [3.05, 3.63) is 34.3 Å². The Balaban J connectivity index is 2.14. The predicted molar refractivity (Wildman–Crippen MR) is 58.1 cm³/mol. The van der Waals surface area contributed by atoms with Crippen molar-refractivity contribution < 1.29 is 4.79 Å². The van der Waals surface area contributed by atoms with Crippen LogP contribution in [0.2, 0.25) is 0 Å². The fraction of sp³-hybridized carbons (Fsp3) is 0.364. The number of benzene rings is 1. The molecule has 1 heterocycles. The Bertz CT molecular complexity index is 328. The van der Waals surface area contributed by atoms with E-state index < -0.39 is 0 Å². The summed E-state index contributed by atoms with van der Waals surface area (Å²) >= 11 is 3.32. The number of nitrogens with zero attached hydrogens (tertiary/aromatic N) is 1. The van der Waals surface area contributed by atoms with E-state index >= 15 is 0 Å². The molecule has 14 heavy (non-hydrogen) atoms. The van der Waals surface area contributed by atoms with E-state index in [1.807, 2.05) is 17.0 Å². The van der Waals surface area contributed by atoms with Gasteiger partial charge < -0.3 is 4.90 Å². The first kappa shape index (κ1) is 9.71. The van der Waals surface area contributed by atoms with Crippen LogP contribution in [0.25, 0.3) is 0 Å². The summed E-state index contributed by atoms with van der Waals surface area (Å²) in [6.45, 7) is 1.78. The summed E-state index contributed by atoms with van der Waals surface area (Å²) in [5.74, 6) is 0.106. The van der Waals surface area contributed by atoms with Gasteiger partial charge in [-0.2, -0.15) is 0 Å². The molecule has 1 fully saturated rings. The molecule has 2 rings (SSSR count). The van der Waals surface area contributed by atoms with Gasteiger partial charge in [0.05, 0.1) is 0 Å². The van der Waals surface area contributed by atoms with Crippen molar-refractivity contribution >= 4 is 21.8 Å². The van der Waals surface area contributed by atoms with Crippen LogP contribution in [0.1, 0.15) is 23.2 Å². The second-order valence-corrected chi connectivity index (χ2v) is 4.34. The molecule has 1 aliphatic heterocycles. The van der Waals surface area contributed by atoms with E-state index in [4.69, 9.17) is 0 Å². The Morgan fingerprint density at radius 1 is 1.36 bits per heavy atom. The third-order valence-electron chi connectivity index (χ3n) is 2.40. The van der Waals surface area contributed by atoms with Gasteiger partial charge in [0.2, 0.25) is 0 Å². The first-order valence-corrected chi connectivity index (χ1v) is 5.53. The maximum atomic E-state index is 11.8. The molecule has 2 nitrogen and oxygen atoms in total. The molecule has 1 radical (unpaired) electrons. The zero-order valence-electron chi connectivity index (χ0n) is 7.79. The van der Waals surface area contributed by atoms with Gasteiger partial charge >= 0.3 is 0 Å². The van der Waals surface area contributed by atoms with Gasteiger partial charge in [-0.05, 0) is 37.1 Å². The first-order chi connectivity index (χ1) is 6.77. The standard InChI is InChI=1S/C11H11BrNO/c12-10-5-3-9(4-6-10)11(14)13-7-1-2-8-13/h3,5-6H,1-2,7-8H2. The number of rotatable bonds is 1. The summed E-state index contributed by atoms with van der Waals surface area (Å²) in [6.07, 6.45) is 2.25. The van der Waals surface area contributed by atoms with Crippen molar-refractivity contribution in [3.63, 3.8) is 0 Å². The van der Waals surface area contributed by atoms with Crippen LogP contribution in [0, 0.1) is 6.07 Å². The Labute approximate surface area is 92.0 Å². The molecule has 0 saturated carbocycles. The molecule has 1 aromatic carbocycles. The number of likely N-dealkylation sites (tertiary alicyclic amines) is 1. The van der Waals surface area contributed by atoms with Crippen molar-refractivity contribution in [3.8, 4) is 0 Å². The lowest BCUT2D eigenvalue weighted by Gasteiger charge is -2.14. The molecule has 1 amide bonds. The number of amides is 1. The molecule has 0 unspecified atom stereocenters. The minimum Gasteiger partial charge on any atom is -0.339 e. The van der Waals surface area contributed by atoms with Crippen LogP contribution in [0.4, 0.5) is 0 Å². The Morgan fingerprint density at radius 2 is 2.07 bits per heavy atom. The van der Waals surface area contributed by atoms with Crippen LogP contribution in [0.3, 0.4) is 0 Å². The fourth-order valence-corrected chi connectivity index (χ4v) is 1.88. The van der Waals surface area contributed by atoms with E-state index in [0.29, 0.717) is 5.56 Å². The first-order valence-electron chi connectivity index (χ1n) is 4.74. The molecule has 1 aromatic rings. The van der Waals surface area contributed by atoms with Crippen LogP contribution < -0.4 is 0 Å². The largest absolute Gasteiger partial charge is 0.339 e. The van der Waals surface area contributed by atoms with Gasteiger partial charge in [-0.15, -0.1) is 0 Å². The van der Waals surface area contributed by atoms with E-state index in [1.165, 1.54) is 0 Å². The molecule has 0 spiro atoms. The third kappa shape index (κ3) is 1.98. The average molecular weight is 253 g/mol. The summed E-state index contributed by atoms with van der Waals surface area (Å²) in [5, 5.41) is 0. The van der Waals surface area contributed by atoms with E-state index in [2.05, 4.69) is 22.0 Å². The summed E-state index contributed by atoms with van der Waals surface area (Å²) in [4.78, 5) is 13.7. The Kier molecular flexibility index (Phi) is 2.87. The molecule has 73 valence electrons. The van der Waals surface area contributed by atoms with Gasteiger partial charge in [-0.3, -0.25) is 4.79 Å². The maximum absolute atomic E-state index is 11.8. The number of hydrogen-bond acceptors (Lipinski definition) is 1. The second-order valence-electron chi connectivity index (χ2n) is 3.42. The summed E-state index contributed by atoms with van der Waals surface area (Å²) in [6, 6.07) is 8.44. The minimum absolute atomic E-state index is 0.106. The number of carbonyl (C=O) groups excluding carboxylic acids is 1. The maximum Gasteiger partial charge on any atom is 0.254 e. The SMILES string of the molecule is O=C(c1[c]cc(Br)cc1)N1CCCC1. The van der Waals surface area contributed by atoms with E-state index in [9.17, 15) is 4.79 Å². The highest BCUT2D eigenvalue weighted by Crippen LogP contribution is 2.15. The third-order valence-corrected chi connectivity index (χ3v) is 2.89. The summed E-state index contributed by atoms with van der Waals surface area (Å²) < 4.78 is 0.954. The van der Waals surface area contributed by atoms with Crippen LogP contribution in [-0.4, -0.2) is 23.9 Å². The Hall–Kier alpha value is -0.830. The molecule has 1 saturated heterocycles. The van der Waals surface area contributed by atoms with Gasteiger partial charge in [-0.25, -0.2) is 0 Å². The average Bonchev–Trinajstić information content (AvgIpc) is 2.71. The number of hydrogen-bond donors (Lipinski definition) is 0. The smallest absolute Gasteiger partial charge is 0.254 e. The highest BCUT2D eigenvalue weighted by atomic mass is 79.9. The lowest BCUT2D eigenvalue weighted by molar-refractivity contribution is 0.0792. The normalized spacial score (nSPS) is 15.9. The molecular formula is C11H11BrNO. The van der Waals surface area contributed by atoms with Gasteiger partial charge in [0, 0.05) is 23.1 Å². The second kappa shape index (κ2) is 4.13. The quantitative estimate of drug-likeness (QED) is 0.752. The molecule has 0 N–H and O–H groups in total. The van der Waals surface area contributed by atoms with Crippen LogP contribution in [-0.2, 0) is 0 Å². The zero-order valence-corrected chi connectivity index (χ0v) is 9.38. The van der Waals surface area contributed by atoms with E-state index in [0.717, 1.165) is 30.4 Å². The lowest BCUT2D eigenvalue weighted by atomic mass is 10.2. The zero-order chi connectivity index (χ0) is 9.97. The monoisotopic (exact) mass is 252 g/mol. The van der Waals surface area contributed by atoms with Crippen molar-refractivity contribution in [1.29, 1.82) is 0 Å². The minimum atomic E-state index is 0.106.